The second-order valence-corrected chi connectivity index (χ2v) is 20.0. The topological polar surface area (TPSA) is 95.9 Å². The van der Waals surface area contributed by atoms with E-state index in [2.05, 4.69) is 43.5 Å². The van der Waals surface area contributed by atoms with Crippen LogP contribution in [0.5, 0.6) is 0 Å². The number of aliphatic hydroxyl groups excluding tert-OH is 2. The largest absolute Gasteiger partial charge is 0.466 e. The van der Waals surface area contributed by atoms with Gasteiger partial charge in [0.25, 0.3) is 0 Å². The van der Waals surface area contributed by atoms with Crippen molar-refractivity contribution in [2.24, 2.45) is 0 Å². The van der Waals surface area contributed by atoms with Crippen LogP contribution in [0.2, 0.25) is 0 Å². The van der Waals surface area contributed by atoms with E-state index in [1.807, 2.05) is 6.08 Å². The summed E-state index contributed by atoms with van der Waals surface area (Å²) < 4.78 is 5.49. The highest BCUT2D eigenvalue weighted by atomic mass is 16.5. The van der Waals surface area contributed by atoms with Crippen LogP contribution in [0.4, 0.5) is 0 Å². The lowest BCUT2D eigenvalue weighted by Crippen LogP contribution is -2.45. The number of allylic oxidation sites excluding steroid dienone is 5. The molecular formula is C60H113NO5. The number of esters is 1. The van der Waals surface area contributed by atoms with Crippen molar-refractivity contribution < 1.29 is 24.5 Å². The fourth-order valence-corrected chi connectivity index (χ4v) is 8.90. The molecule has 0 bridgehead atoms. The van der Waals surface area contributed by atoms with Crippen molar-refractivity contribution in [3.8, 4) is 0 Å². The molecule has 0 rings (SSSR count). The smallest absolute Gasteiger partial charge is 0.305 e. The fourth-order valence-electron chi connectivity index (χ4n) is 8.90. The molecule has 0 aliphatic rings. The van der Waals surface area contributed by atoms with Gasteiger partial charge in [-0.05, 0) is 64.2 Å². The lowest BCUT2D eigenvalue weighted by atomic mass is 10.0. The molecule has 388 valence electrons. The molecule has 66 heavy (non-hydrogen) atoms. The SMILES string of the molecule is CCCCC/C=C\C/C=C\CCCCCCCCCCCC(=O)OCCCCCCCCCCCCCCCCCCCCCC(=O)NC(CO)C(O)/C=C/CCCCCCCCCCC. The van der Waals surface area contributed by atoms with E-state index in [0.29, 0.717) is 19.4 Å². The van der Waals surface area contributed by atoms with Crippen LogP contribution < -0.4 is 5.32 Å². The Morgan fingerprint density at radius 2 is 0.758 bits per heavy atom. The van der Waals surface area contributed by atoms with E-state index in [0.717, 1.165) is 51.4 Å². The molecule has 0 aliphatic carbocycles. The molecule has 0 aromatic carbocycles. The van der Waals surface area contributed by atoms with Gasteiger partial charge >= 0.3 is 5.97 Å². The summed E-state index contributed by atoms with van der Waals surface area (Å²) in [5, 5.41) is 23.0. The van der Waals surface area contributed by atoms with E-state index in [-0.39, 0.29) is 18.5 Å². The van der Waals surface area contributed by atoms with Crippen LogP contribution in [0.15, 0.2) is 36.5 Å². The van der Waals surface area contributed by atoms with Gasteiger partial charge in [0.05, 0.1) is 25.4 Å². The maximum absolute atomic E-state index is 12.4. The lowest BCUT2D eigenvalue weighted by Gasteiger charge is -2.20. The molecule has 3 N–H and O–H groups in total. The van der Waals surface area contributed by atoms with Crippen LogP contribution in [0.1, 0.15) is 309 Å². The maximum Gasteiger partial charge on any atom is 0.305 e. The first-order chi connectivity index (χ1) is 32.5. The molecule has 0 aromatic heterocycles. The summed E-state index contributed by atoms with van der Waals surface area (Å²) in [7, 11) is 0. The molecule has 2 atom stereocenters. The zero-order valence-electron chi connectivity index (χ0n) is 44.2. The zero-order chi connectivity index (χ0) is 47.9. The molecule has 0 aliphatic heterocycles. The molecule has 0 aromatic rings. The first kappa shape index (κ1) is 64.1. The lowest BCUT2D eigenvalue weighted by molar-refractivity contribution is -0.143. The van der Waals surface area contributed by atoms with Gasteiger partial charge in [-0.15, -0.1) is 0 Å². The number of amides is 1. The van der Waals surface area contributed by atoms with Crippen LogP contribution >= 0.6 is 0 Å². The molecule has 6 nitrogen and oxygen atoms in total. The summed E-state index contributed by atoms with van der Waals surface area (Å²) in [6, 6.07) is -0.629. The molecule has 0 saturated heterocycles. The molecule has 0 spiro atoms. The third kappa shape index (κ3) is 51.5. The van der Waals surface area contributed by atoms with Crippen molar-refractivity contribution >= 4 is 11.9 Å². The summed E-state index contributed by atoms with van der Waals surface area (Å²) in [5.74, 6) is -0.0678. The summed E-state index contributed by atoms with van der Waals surface area (Å²) >= 11 is 0. The highest BCUT2D eigenvalue weighted by Gasteiger charge is 2.18. The number of hydrogen-bond donors (Lipinski definition) is 3. The minimum Gasteiger partial charge on any atom is -0.466 e. The summed E-state index contributed by atoms with van der Waals surface area (Å²) in [4.78, 5) is 24.5. The molecule has 0 heterocycles. The Bertz CT molecular complexity index is 1070. The molecule has 6 heteroatoms. The first-order valence-corrected chi connectivity index (χ1v) is 29.3. The molecule has 0 saturated carbocycles. The number of aliphatic hydroxyl groups is 2. The Balaban J connectivity index is 3.39. The van der Waals surface area contributed by atoms with Crippen molar-refractivity contribution in [1.29, 1.82) is 0 Å². The third-order valence-corrected chi connectivity index (χ3v) is 13.4. The predicted octanol–water partition coefficient (Wildman–Crippen LogP) is 18.0. The number of unbranched alkanes of at least 4 members (excludes halogenated alkanes) is 39. The van der Waals surface area contributed by atoms with E-state index >= 15 is 0 Å². The van der Waals surface area contributed by atoms with Gasteiger partial charge in [-0.25, -0.2) is 0 Å². The van der Waals surface area contributed by atoms with Gasteiger partial charge < -0.3 is 20.3 Å². The van der Waals surface area contributed by atoms with Crippen LogP contribution in [-0.2, 0) is 14.3 Å². The minimum atomic E-state index is -0.845. The molecular weight excluding hydrogens is 815 g/mol. The van der Waals surface area contributed by atoms with E-state index in [9.17, 15) is 19.8 Å². The molecule has 0 fully saturated rings. The van der Waals surface area contributed by atoms with Gasteiger partial charge in [0.2, 0.25) is 5.91 Å². The van der Waals surface area contributed by atoms with Crippen molar-refractivity contribution in [3.05, 3.63) is 36.5 Å². The Labute approximate surface area is 411 Å². The second kappa shape index (κ2) is 55.7. The van der Waals surface area contributed by atoms with E-state index < -0.39 is 12.1 Å². The summed E-state index contributed by atoms with van der Waals surface area (Å²) in [5.41, 5.74) is 0. The Morgan fingerprint density at radius 1 is 0.424 bits per heavy atom. The fraction of sp³-hybridized carbons (Fsp3) is 0.867. The highest BCUT2D eigenvalue weighted by molar-refractivity contribution is 5.76. The van der Waals surface area contributed by atoms with Gasteiger partial charge in [0.15, 0.2) is 0 Å². The molecule has 2 unspecified atom stereocenters. The summed E-state index contributed by atoms with van der Waals surface area (Å²) in [6.45, 7) is 4.86. The Morgan fingerprint density at radius 3 is 1.18 bits per heavy atom. The Hall–Kier alpha value is -1.92. The average molecular weight is 929 g/mol. The standard InChI is InChI=1S/C60H113NO5/c1-3-5-7-9-11-13-15-16-17-18-20-24-27-30-34-38-42-46-50-54-60(65)66-55-51-47-43-39-35-31-28-25-22-19-21-23-26-29-33-37-41-45-49-53-59(64)61-57(56-62)58(63)52-48-44-40-36-32-14-12-10-8-6-4-2/h11,13,16-17,48,52,57-58,62-63H,3-10,12,14-15,18-47,49-51,53-56H2,1-2H3,(H,61,64)/b13-11-,17-16-,52-48+. The Kier molecular flexibility index (Phi) is 54.1. The number of ether oxygens (including phenoxy) is 1. The third-order valence-electron chi connectivity index (χ3n) is 13.4. The van der Waals surface area contributed by atoms with E-state index in [4.69, 9.17) is 4.74 Å². The number of carbonyl (C=O) groups is 2. The average Bonchev–Trinajstić information content (AvgIpc) is 3.32. The monoisotopic (exact) mass is 928 g/mol. The van der Waals surface area contributed by atoms with Crippen LogP contribution in [0.3, 0.4) is 0 Å². The quantitative estimate of drug-likeness (QED) is 0.0321. The van der Waals surface area contributed by atoms with Gasteiger partial charge in [-0.3, -0.25) is 9.59 Å². The predicted molar refractivity (Wildman–Crippen MR) is 287 cm³/mol. The number of nitrogens with one attached hydrogen (secondary N) is 1. The number of carbonyl (C=O) groups excluding carboxylic acids is 2. The van der Waals surface area contributed by atoms with Crippen molar-refractivity contribution in [3.63, 3.8) is 0 Å². The van der Waals surface area contributed by atoms with E-state index in [1.165, 1.54) is 231 Å². The van der Waals surface area contributed by atoms with Crippen molar-refractivity contribution in [2.75, 3.05) is 13.2 Å². The van der Waals surface area contributed by atoms with Gasteiger partial charge in [0, 0.05) is 12.8 Å². The van der Waals surface area contributed by atoms with Crippen LogP contribution in [0.25, 0.3) is 0 Å². The number of hydrogen-bond acceptors (Lipinski definition) is 5. The second-order valence-electron chi connectivity index (χ2n) is 20.0. The van der Waals surface area contributed by atoms with Crippen molar-refractivity contribution in [2.45, 2.75) is 321 Å². The van der Waals surface area contributed by atoms with Gasteiger partial charge in [-0.2, -0.15) is 0 Å². The van der Waals surface area contributed by atoms with E-state index in [1.54, 1.807) is 6.08 Å². The van der Waals surface area contributed by atoms with Gasteiger partial charge in [0.1, 0.15) is 0 Å². The molecule has 0 radical (unpaired) electrons. The first-order valence-electron chi connectivity index (χ1n) is 29.3. The normalized spacial score (nSPS) is 12.8. The highest BCUT2D eigenvalue weighted by Crippen LogP contribution is 2.17. The number of rotatable bonds is 54. The molecule has 1 amide bonds. The van der Waals surface area contributed by atoms with Crippen molar-refractivity contribution in [1.82, 2.24) is 5.32 Å². The minimum absolute atomic E-state index is 0.00425. The zero-order valence-corrected chi connectivity index (χ0v) is 44.2. The van der Waals surface area contributed by atoms with Gasteiger partial charge in [-0.1, -0.05) is 269 Å². The summed E-state index contributed by atoms with van der Waals surface area (Å²) in [6.07, 6.45) is 68.8. The van der Waals surface area contributed by atoms with Crippen LogP contribution in [0, 0.1) is 0 Å². The maximum atomic E-state index is 12.4. The van der Waals surface area contributed by atoms with Crippen LogP contribution in [-0.4, -0.2) is 47.4 Å².